The first-order valence-electron chi connectivity index (χ1n) is 13.4. The van der Waals surface area contributed by atoms with Crippen molar-refractivity contribution in [2.75, 3.05) is 11.5 Å². The quantitative estimate of drug-likeness (QED) is 0.148. The second-order valence-corrected chi connectivity index (χ2v) is 9.75. The van der Waals surface area contributed by atoms with Crippen molar-refractivity contribution in [2.45, 2.75) is 6.18 Å². The number of azo groups is 3. The van der Waals surface area contributed by atoms with Crippen LogP contribution < -0.4 is 11.5 Å². The van der Waals surface area contributed by atoms with E-state index >= 15 is 0 Å². The van der Waals surface area contributed by atoms with Crippen LogP contribution in [0.3, 0.4) is 0 Å². The van der Waals surface area contributed by atoms with Crippen LogP contribution in [0.2, 0.25) is 0 Å². The fraction of sp³-hybridized carbons (Fsp3) is 0.0303. The maximum absolute atomic E-state index is 12.7. The average Bonchev–Trinajstić information content (AvgIpc) is 3.03. The normalized spacial score (nSPS) is 12.3. The SMILES string of the molecule is Nc1cccc2c(N=Nc3ccc(N=Nc4ccc(N=Nc5ccc(C(F)(F)F)cc5)cc4)c4ccccc34)ccc(N)c12. The Morgan fingerprint density at radius 2 is 0.818 bits per heavy atom. The number of alkyl halides is 3. The lowest BCUT2D eigenvalue weighted by atomic mass is 10.1. The minimum absolute atomic E-state index is 0.308. The molecule has 216 valence electrons. The third kappa shape index (κ3) is 5.97. The molecule has 0 bridgehead atoms. The van der Waals surface area contributed by atoms with E-state index in [-0.39, 0.29) is 0 Å². The molecule has 0 aliphatic heterocycles. The van der Waals surface area contributed by atoms with Crippen LogP contribution in [0.25, 0.3) is 21.5 Å². The van der Waals surface area contributed by atoms with Gasteiger partial charge in [-0.25, -0.2) is 0 Å². The molecule has 11 heteroatoms. The highest BCUT2D eigenvalue weighted by Gasteiger charge is 2.29. The molecule has 0 saturated heterocycles. The maximum atomic E-state index is 12.7. The fourth-order valence-corrected chi connectivity index (χ4v) is 4.61. The van der Waals surface area contributed by atoms with Gasteiger partial charge in [-0.05, 0) is 78.9 Å². The molecule has 44 heavy (non-hydrogen) atoms. The van der Waals surface area contributed by atoms with Crippen LogP contribution in [0.1, 0.15) is 5.56 Å². The van der Waals surface area contributed by atoms with Crippen LogP contribution in [-0.2, 0) is 6.18 Å². The highest BCUT2D eigenvalue weighted by atomic mass is 19.4. The van der Waals surface area contributed by atoms with E-state index in [2.05, 4.69) is 30.7 Å². The summed E-state index contributed by atoms with van der Waals surface area (Å²) in [6.45, 7) is 0. The zero-order chi connectivity index (χ0) is 30.7. The number of nitrogen functional groups attached to an aromatic ring is 2. The summed E-state index contributed by atoms with van der Waals surface area (Å²) in [7, 11) is 0. The van der Waals surface area contributed by atoms with Crippen molar-refractivity contribution in [2.24, 2.45) is 30.7 Å². The Morgan fingerprint density at radius 1 is 0.409 bits per heavy atom. The van der Waals surface area contributed by atoms with Gasteiger partial charge in [-0.15, -0.1) is 15.3 Å². The Labute approximate surface area is 249 Å². The topological polar surface area (TPSA) is 126 Å². The van der Waals surface area contributed by atoms with Gasteiger partial charge in [0.25, 0.3) is 0 Å². The number of halogens is 3. The number of rotatable bonds is 6. The van der Waals surface area contributed by atoms with E-state index in [9.17, 15) is 13.2 Å². The lowest BCUT2D eigenvalue weighted by Gasteiger charge is -2.08. The largest absolute Gasteiger partial charge is 0.416 e. The first-order chi connectivity index (χ1) is 21.3. The van der Waals surface area contributed by atoms with Crippen LogP contribution in [0.4, 0.5) is 58.7 Å². The van der Waals surface area contributed by atoms with E-state index in [0.717, 1.165) is 33.7 Å². The molecule has 0 unspecified atom stereocenters. The summed E-state index contributed by atoms with van der Waals surface area (Å²) >= 11 is 0. The van der Waals surface area contributed by atoms with Crippen LogP contribution in [-0.4, -0.2) is 0 Å². The molecule has 8 nitrogen and oxygen atoms in total. The monoisotopic (exact) mass is 588 g/mol. The molecule has 0 heterocycles. The van der Waals surface area contributed by atoms with Crippen molar-refractivity contribution < 1.29 is 13.2 Å². The van der Waals surface area contributed by atoms with Gasteiger partial charge in [0.15, 0.2) is 0 Å². The minimum atomic E-state index is -4.40. The molecule has 0 amide bonds. The van der Waals surface area contributed by atoms with Gasteiger partial charge in [-0.3, -0.25) is 0 Å². The van der Waals surface area contributed by atoms with E-state index in [1.165, 1.54) is 12.1 Å². The first kappa shape index (κ1) is 28.2. The summed E-state index contributed by atoms with van der Waals surface area (Å²) in [6.07, 6.45) is -4.40. The lowest BCUT2D eigenvalue weighted by Crippen LogP contribution is -2.03. The first-order valence-corrected chi connectivity index (χ1v) is 13.4. The molecule has 0 radical (unpaired) electrons. The van der Waals surface area contributed by atoms with E-state index in [4.69, 9.17) is 11.5 Å². The number of benzene rings is 6. The predicted octanol–water partition coefficient (Wildman–Crippen LogP) is 11.4. The number of fused-ring (bicyclic) bond motifs is 2. The van der Waals surface area contributed by atoms with E-state index in [0.29, 0.717) is 45.5 Å². The maximum Gasteiger partial charge on any atom is 0.416 e. The molecule has 0 fully saturated rings. The van der Waals surface area contributed by atoms with Crippen LogP contribution in [0.15, 0.2) is 146 Å². The Kier molecular flexibility index (Phi) is 7.51. The van der Waals surface area contributed by atoms with Crippen molar-refractivity contribution in [1.29, 1.82) is 0 Å². The Morgan fingerprint density at radius 3 is 1.36 bits per heavy atom. The van der Waals surface area contributed by atoms with Gasteiger partial charge >= 0.3 is 6.18 Å². The molecular formula is C33H23F3N8. The van der Waals surface area contributed by atoms with E-state index in [1.54, 1.807) is 36.4 Å². The Balaban J connectivity index is 1.21. The lowest BCUT2D eigenvalue weighted by molar-refractivity contribution is -0.137. The Hall–Kier alpha value is -5.97. The van der Waals surface area contributed by atoms with Gasteiger partial charge in [-0.1, -0.05) is 36.4 Å². The molecule has 6 aromatic carbocycles. The third-order valence-electron chi connectivity index (χ3n) is 6.82. The van der Waals surface area contributed by atoms with Crippen LogP contribution in [0.5, 0.6) is 0 Å². The third-order valence-corrected chi connectivity index (χ3v) is 6.82. The average molecular weight is 589 g/mol. The molecule has 6 aromatic rings. The van der Waals surface area contributed by atoms with Crippen molar-refractivity contribution in [3.8, 4) is 0 Å². The molecule has 4 N–H and O–H groups in total. The number of nitrogens with two attached hydrogens (primary N) is 2. The molecule has 0 aliphatic rings. The molecule has 0 spiro atoms. The zero-order valence-electron chi connectivity index (χ0n) is 22.9. The summed E-state index contributed by atoms with van der Waals surface area (Å²) < 4.78 is 38.2. The summed E-state index contributed by atoms with van der Waals surface area (Å²) in [5.41, 5.74) is 16.1. The highest BCUT2D eigenvalue weighted by Crippen LogP contribution is 2.38. The molecular weight excluding hydrogens is 565 g/mol. The van der Waals surface area contributed by atoms with Gasteiger partial charge in [0.2, 0.25) is 0 Å². The fourth-order valence-electron chi connectivity index (χ4n) is 4.61. The smallest absolute Gasteiger partial charge is 0.398 e. The molecule has 0 aromatic heterocycles. The number of nitrogens with zero attached hydrogens (tertiary/aromatic N) is 6. The Bertz CT molecular complexity index is 2060. The number of anilines is 2. The predicted molar refractivity (Wildman–Crippen MR) is 167 cm³/mol. The van der Waals surface area contributed by atoms with Crippen molar-refractivity contribution in [3.63, 3.8) is 0 Å². The van der Waals surface area contributed by atoms with Gasteiger partial charge < -0.3 is 11.5 Å². The number of hydrogen-bond donors (Lipinski definition) is 2. The van der Waals surface area contributed by atoms with Gasteiger partial charge in [0.05, 0.1) is 39.7 Å². The van der Waals surface area contributed by atoms with Crippen LogP contribution >= 0.6 is 0 Å². The summed E-state index contributed by atoms with van der Waals surface area (Å²) in [5, 5.41) is 29.2. The summed E-state index contributed by atoms with van der Waals surface area (Å²) in [5.74, 6) is 0. The summed E-state index contributed by atoms with van der Waals surface area (Å²) in [6, 6.07) is 31.8. The molecule has 0 atom stereocenters. The van der Waals surface area contributed by atoms with Gasteiger partial charge in [0.1, 0.15) is 0 Å². The molecule has 0 aliphatic carbocycles. The van der Waals surface area contributed by atoms with Crippen LogP contribution in [0, 0.1) is 0 Å². The zero-order valence-corrected chi connectivity index (χ0v) is 22.9. The minimum Gasteiger partial charge on any atom is -0.398 e. The van der Waals surface area contributed by atoms with Crippen molar-refractivity contribution >= 4 is 67.0 Å². The molecule has 0 saturated carbocycles. The van der Waals surface area contributed by atoms with E-state index in [1.807, 2.05) is 54.6 Å². The van der Waals surface area contributed by atoms with E-state index < -0.39 is 11.7 Å². The second kappa shape index (κ2) is 11.7. The molecule has 6 rings (SSSR count). The van der Waals surface area contributed by atoms with Gasteiger partial charge in [-0.2, -0.15) is 28.5 Å². The van der Waals surface area contributed by atoms with Crippen molar-refractivity contribution in [1.82, 2.24) is 0 Å². The van der Waals surface area contributed by atoms with Gasteiger partial charge in [0, 0.05) is 32.9 Å². The highest BCUT2D eigenvalue weighted by molar-refractivity contribution is 6.07. The second-order valence-electron chi connectivity index (χ2n) is 9.75. The summed E-state index contributed by atoms with van der Waals surface area (Å²) in [4.78, 5) is 0. The van der Waals surface area contributed by atoms with Crippen molar-refractivity contribution in [3.05, 3.63) is 121 Å². The standard InChI is InChI=1S/C33H23F3N8/c34-33(35,36)20-8-10-21(11-9-20)39-40-22-12-14-23(15-13-22)41-42-29-18-19-30(25-5-2-1-4-24(25)29)43-44-31-17-16-28(38)32-26(31)6-3-7-27(32)37/h1-19H,37-38H2. The number of hydrogen-bond acceptors (Lipinski definition) is 8.